The van der Waals surface area contributed by atoms with Crippen molar-refractivity contribution in [1.82, 2.24) is 9.55 Å². The van der Waals surface area contributed by atoms with E-state index in [1.54, 1.807) is 0 Å². The number of hydrogen-bond donors (Lipinski definition) is 1. The van der Waals surface area contributed by atoms with Gasteiger partial charge in [-0.25, -0.2) is 4.98 Å². The first-order valence-electron chi connectivity index (χ1n) is 5.82. The van der Waals surface area contributed by atoms with Crippen molar-refractivity contribution in [3.63, 3.8) is 0 Å². The minimum absolute atomic E-state index is 0.444. The summed E-state index contributed by atoms with van der Waals surface area (Å²) in [4.78, 5) is 4.59. The van der Waals surface area contributed by atoms with E-state index in [1.165, 1.54) is 0 Å². The van der Waals surface area contributed by atoms with E-state index < -0.39 is 0 Å². The Labute approximate surface area is 129 Å². The monoisotopic (exact) mass is 381 g/mol. The van der Waals surface area contributed by atoms with Gasteiger partial charge < -0.3 is 10.3 Å². The summed E-state index contributed by atoms with van der Waals surface area (Å²) < 4.78 is 3.84. The molecule has 0 saturated heterocycles. The van der Waals surface area contributed by atoms with Crippen molar-refractivity contribution in [3.8, 4) is 23.6 Å². The molecule has 1 aromatic carbocycles. The molecule has 5 heteroatoms. The quantitative estimate of drug-likeness (QED) is 0.819. The second kappa shape index (κ2) is 5.81. The highest BCUT2D eigenvalue weighted by Crippen LogP contribution is 2.32. The van der Waals surface area contributed by atoms with E-state index in [-0.39, 0.29) is 0 Å². The highest BCUT2D eigenvalue weighted by atomic mass is 79.9. The number of nitrogens with two attached hydrogens (primary N) is 1. The number of imidazole rings is 1. The zero-order chi connectivity index (χ0) is 14.0. The third-order valence-electron chi connectivity index (χ3n) is 2.84. The minimum atomic E-state index is 0.444. The van der Waals surface area contributed by atoms with Gasteiger partial charge in [0.2, 0.25) is 0 Å². The molecule has 0 bridgehead atoms. The van der Waals surface area contributed by atoms with Crippen LogP contribution in [0.2, 0.25) is 0 Å². The number of nitrogen functional groups attached to an aromatic ring is 1. The predicted octanol–water partition coefficient (Wildman–Crippen LogP) is 3.85. The molecule has 1 heterocycles. The molecule has 0 aliphatic carbocycles. The lowest BCUT2D eigenvalue weighted by Gasteiger charge is -2.04. The Bertz CT molecular complexity index is 653. The van der Waals surface area contributed by atoms with Crippen LogP contribution in [-0.2, 0) is 13.0 Å². The lowest BCUT2D eigenvalue weighted by Crippen LogP contribution is -2.05. The summed E-state index contributed by atoms with van der Waals surface area (Å²) >= 11 is 6.93. The molecular weight excluding hydrogens is 370 g/mol. The molecule has 2 N–H and O–H groups in total. The van der Waals surface area contributed by atoms with E-state index in [0.717, 1.165) is 32.4 Å². The van der Waals surface area contributed by atoms with Gasteiger partial charge in [-0.3, -0.25) is 0 Å². The van der Waals surface area contributed by atoms with Gasteiger partial charge in [-0.05, 0) is 44.0 Å². The second-order valence-electron chi connectivity index (χ2n) is 4.03. The topological polar surface area (TPSA) is 43.8 Å². The largest absolute Gasteiger partial charge is 0.383 e. The molecule has 3 nitrogen and oxygen atoms in total. The molecule has 0 atom stereocenters. The summed E-state index contributed by atoms with van der Waals surface area (Å²) in [6.45, 7) is 2.48. The average molecular weight is 383 g/mol. The maximum Gasteiger partial charge on any atom is 0.132 e. The summed E-state index contributed by atoms with van der Waals surface area (Å²) in [5, 5.41) is 0. The second-order valence-corrected chi connectivity index (χ2v) is 5.74. The minimum Gasteiger partial charge on any atom is -0.383 e. The van der Waals surface area contributed by atoms with Gasteiger partial charge in [0, 0.05) is 20.9 Å². The van der Waals surface area contributed by atoms with Gasteiger partial charge in [0.1, 0.15) is 17.3 Å². The number of anilines is 1. The zero-order valence-electron chi connectivity index (χ0n) is 10.5. The first-order chi connectivity index (χ1) is 9.08. The standard InChI is InChI=1S/C14H13Br2N3/c1-3-7-19-12(4-2)18-13(14(19)17)9-5-6-10(15)11(16)8-9/h1,5-6,8H,4,7,17H2,2H3. The third-order valence-corrected chi connectivity index (χ3v) is 4.72. The number of aryl methyl sites for hydroxylation is 1. The Morgan fingerprint density at radius 3 is 2.68 bits per heavy atom. The number of rotatable bonds is 3. The van der Waals surface area contributed by atoms with Gasteiger partial charge in [-0.2, -0.15) is 0 Å². The van der Waals surface area contributed by atoms with E-state index in [2.05, 4.69) is 42.8 Å². The smallest absolute Gasteiger partial charge is 0.132 e. The molecular formula is C14H13Br2N3. The number of terminal acetylenes is 1. The number of halogens is 2. The molecule has 2 rings (SSSR count). The molecule has 0 saturated carbocycles. The molecule has 19 heavy (non-hydrogen) atoms. The van der Waals surface area contributed by atoms with Gasteiger partial charge in [0.05, 0.1) is 6.54 Å². The van der Waals surface area contributed by atoms with Crippen molar-refractivity contribution in [2.45, 2.75) is 19.9 Å². The number of hydrogen-bond acceptors (Lipinski definition) is 2. The lowest BCUT2D eigenvalue weighted by molar-refractivity contribution is 0.769. The van der Waals surface area contributed by atoms with Crippen LogP contribution in [0.15, 0.2) is 27.1 Å². The van der Waals surface area contributed by atoms with E-state index in [9.17, 15) is 0 Å². The number of aromatic nitrogens is 2. The SMILES string of the molecule is C#CCn1c(CC)nc(-c2ccc(Br)c(Br)c2)c1N. The number of nitrogens with zero attached hydrogens (tertiary/aromatic N) is 2. The summed E-state index contributed by atoms with van der Waals surface area (Å²) in [5.74, 6) is 4.13. The van der Waals surface area contributed by atoms with Crippen LogP contribution in [-0.4, -0.2) is 9.55 Å². The fourth-order valence-corrected chi connectivity index (χ4v) is 2.53. The molecule has 0 fully saturated rings. The fourth-order valence-electron chi connectivity index (χ4n) is 1.91. The zero-order valence-corrected chi connectivity index (χ0v) is 13.6. The third kappa shape index (κ3) is 2.70. The average Bonchev–Trinajstić information content (AvgIpc) is 2.71. The van der Waals surface area contributed by atoms with Crippen molar-refractivity contribution < 1.29 is 0 Å². The first kappa shape index (κ1) is 14.2. The Kier molecular flexibility index (Phi) is 4.33. The summed E-state index contributed by atoms with van der Waals surface area (Å²) in [7, 11) is 0. The van der Waals surface area contributed by atoms with Crippen molar-refractivity contribution in [1.29, 1.82) is 0 Å². The van der Waals surface area contributed by atoms with E-state index in [1.807, 2.05) is 29.7 Å². The lowest BCUT2D eigenvalue weighted by atomic mass is 10.1. The van der Waals surface area contributed by atoms with Crippen LogP contribution in [0, 0.1) is 12.3 Å². The molecule has 98 valence electrons. The highest BCUT2D eigenvalue weighted by molar-refractivity contribution is 9.13. The highest BCUT2D eigenvalue weighted by Gasteiger charge is 2.15. The summed E-state index contributed by atoms with van der Waals surface area (Å²) in [5.41, 5.74) is 7.91. The van der Waals surface area contributed by atoms with Crippen molar-refractivity contribution in [2.75, 3.05) is 5.73 Å². The Hall–Kier alpha value is -1.25. The maximum absolute atomic E-state index is 6.16. The predicted molar refractivity (Wildman–Crippen MR) is 85.7 cm³/mol. The van der Waals surface area contributed by atoms with E-state index >= 15 is 0 Å². The molecule has 1 aromatic heterocycles. The maximum atomic E-state index is 6.16. The van der Waals surface area contributed by atoms with Crippen molar-refractivity contribution in [3.05, 3.63) is 33.0 Å². The molecule has 0 radical (unpaired) electrons. The van der Waals surface area contributed by atoms with Crippen LogP contribution in [0.3, 0.4) is 0 Å². The molecule has 2 aromatic rings. The van der Waals surface area contributed by atoms with E-state index in [4.69, 9.17) is 12.2 Å². The Balaban J connectivity index is 2.56. The molecule has 0 amide bonds. The first-order valence-corrected chi connectivity index (χ1v) is 7.40. The van der Waals surface area contributed by atoms with Crippen LogP contribution < -0.4 is 5.73 Å². The van der Waals surface area contributed by atoms with Crippen molar-refractivity contribution >= 4 is 37.7 Å². The van der Waals surface area contributed by atoms with Crippen LogP contribution in [0.1, 0.15) is 12.7 Å². The van der Waals surface area contributed by atoms with Gasteiger partial charge in [-0.15, -0.1) is 6.42 Å². The van der Waals surface area contributed by atoms with Crippen LogP contribution in [0.25, 0.3) is 11.3 Å². The molecule has 0 unspecified atom stereocenters. The van der Waals surface area contributed by atoms with Gasteiger partial charge in [-0.1, -0.05) is 18.9 Å². The Morgan fingerprint density at radius 2 is 2.11 bits per heavy atom. The van der Waals surface area contributed by atoms with Crippen LogP contribution in [0.5, 0.6) is 0 Å². The van der Waals surface area contributed by atoms with Crippen molar-refractivity contribution in [2.24, 2.45) is 0 Å². The normalized spacial score (nSPS) is 10.4. The fraction of sp³-hybridized carbons (Fsp3) is 0.214. The summed E-state index contributed by atoms with van der Waals surface area (Å²) in [6, 6.07) is 5.93. The van der Waals surface area contributed by atoms with Crippen LogP contribution in [0.4, 0.5) is 5.82 Å². The van der Waals surface area contributed by atoms with Gasteiger partial charge in [0.15, 0.2) is 0 Å². The summed E-state index contributed by atoms with van der Waals surface area (Å²) in [6.07, 6.45) is 6.17. The molecule has 0 aliphatic heterocycles. The van der Waals surface area contributed by atoms with Gasteiger partial charge >= 0.3 is 0 Å². The van der Waals surface area contributed by atoms with Gasteiger partial charge in [0.25, 0.3) is 0 Å². The number of benzene rings is 1. The van der Waals surface area contributed by atoms with E-state index in [0.29, 0.717) is 12.4 Å². The van der Waals surface area contributed by atoms with Crippen LogP contribution >= 0.6 is 31.9 Å². The Morgan fingerprint density at radius 1 is 1.37 bits per heavy atom. The molecule has 0 spiro atoms. The molecule has 0 aliphatic rings.